The molecule has 2 aliphatic rings. The van der Waals surface area contributed by atoms with Gasteiger partial charge in [-0.2, -0.15) is 0 Å². The van der Waals surface area contributed by atoms with E-state index in [1.165, 1.54) is 11.8 Å². The molecule has 0 amide bonds. The van der Waals surface area contributed by atoms with Crippen molar-refractivity contribution in [3.8, 4) is 0 Å². The van der Waals surface area contributed by atoms with Gasteiger partial charge in [0.2, 0.25) is 5.78 Å². The molecule has 138 valence electrons. The summed E-state index contributed by atoms with van der Waals surface area (Å²) in [6.07, 6.45) is -0.910. The summed E-state index contributed by atoms with van der Waals surface area (Å²) in [6.45, 7) is 3.49. The number of allylic oxidation sites excluding steroid dienone is 1. The Morgan fingerprint density at radius 1 is 0.963 bits per heavy atom. The highest BCUT2D eigenvalue weighted by atomic mass is 32.2. The molecular formula is C22H20O4S. The standard InChI is InChI=1S/C22H20O4S/c1-22(2)21(25)20(27-12-13-8-4-3-5-9-13)16-17(23)14-10-6-7-11-15(14)18(24)19(16)26-22/h3-11,20-21,25H,12H2,1-2H3/t20-,21-/m0/s1. The van der Waals surface area contributed by atoms with Crippen molar-refractivity contribution >= 4 is 23.3 Å². The number of benzene rings is 2. The van der Waals surface area contributed by atoms with E-state index in [2.05, 4.69) is 0 Å². The minimum absolute atomic E-state index is 0.0829. The number of hydrogen-bond acceptors (Lipinski definition) is 5. The van der Waals surface area contributed by atoms with E-state index in [0.717, 1.165) is 5.56 Å². The number of hydrogen-bond donors (Lipinski definition) is 1. The van der Waals surface area contributed by atoms with Crippen LogP contribution < -0.4 is 0 Å². The summed E-state index contributed by atoms with van der Waals surface area (Å²) in [5.41, 5.74) is 1.15. The number of Topliss-reactive ketones (excluding diaryl/α,β-unsaturated/α-hetero) is 2. The van der Waals surface area contributed by atoms with E-state index in [1.807, 2.05) is 30.3 Å². The zero-order chi connectivity index (χ0) is 19.2. The van der Waals surface area contributed by atoms with Gasteiger partial charge >= 0.3 is 0 Å². The number of thioether (sulfide) groups is 1. The largest absolute Gasteiger partial charge is 0.480 e. The van der Waals surface area contributed by atoms with Gasteiger partial charge in [0.05, 0.1) is 10.8 Å². The van der Waals surface area contributed by atoms with Gasteiger partial charge in [-0.05, 0) is 19.4 Å². The maximum absolute atomic E-state index is 13.2. The molecule has 0 radical (unpaired) electrons. The quantitative estimate of drug-likeness (QED) is 0.878. The molecule has 0 bridgehead atoms. The lowest BCUT2D eigenvalue weighted by atomic mass is 9.80. The Morgan fingerprint density at radius 3 is 2.22 bits per heavy atom. The maximum atomic E-state index is 13.2. The fourth-order valence-electron chi connectivity index (χ4n) is 3.51. The van der Waals surface area contributed by atoms with Crippen LogP contribution in [0.5, 0.6) is 0 Å². The Hall–Kier alpha value is -2.37. The van der Waals surface area contributed by atoms with Gasteiger partial charge in [0.15, 0.2) is 11.5 Å². The molecule has 2 aromatic carbocycles. The van der Waals surface area contributed by atoms with Crippen LogP contribution in [0.1, 0.15) is 40.1 Å². The lowest BCUT2D eigenvalue weighted by Crippen LogP contribution is -2.53. The number of aliphatic hydroxyl groups excluding tert-OH is 1. The Bertz CT molecular complexity index is 946. The van der Waals surface area contributed by atoms with Crippen LogP contribution in [-0.4, -0.2) is 33.6 Å². The molecule has 1 aliphatic heterocycles. The molecule has 4 nitrogen and oxygen atoms in total. The topological polar surface area (TPSA) is 63.6 Å². The first kappa shape index (κ1) is 18.0. The summed E-state index contributed by atoms with van der Waals surface area (Å²) in [5.74, 6) is 0.184. The van der Waals surface area contributed by atoms with Gasteiger partial charge in [0.1, 0.15) is 11.7 Å². The second kappa shape index (κ2) is 6.66. The van der Waals surface area contributed by atoms with Crippen LogP contribution in [-0.2, 0) is 10.5 Å². The van der Waals surface area contributed by atoms with Gasteiger partial charge in [-0.15, -0.1) is 11.8 Å². The number of carbonyl (C=O) groups excluding carboxylic acids is 2. The Kier molecular flexibility index (Phi) is 4.44. The van der Waals surface area contributed by atoms with Crippen LogP contribution in [0.3, 0.4) is 0 Å². The van der Waals surface area contributed by atoms with Crippen LogP contribution in [0.25, 0.3) is 0 Å². The number of fused-ring (bicyclic) bond motifs is 1. The van der Waals surface area contributed by atoms with Gasteiger partial charge in [0.25, 0.3) is 0 Å². The summed E-state index contributed by atoms with van der Waals surface area (Å²) in [6, 6.07) is 16.6. The van der Waals surface area contributed by atoms with Gasteiger partial charge in [-0.3, -0.25) is 9.59 Å². The highest BCUT2D eigenvalue weighted by Gasteiger charge is 2.50. The minimum atomic E-state index is -0.963. The summed E-state index contributed by atoms with van der Waals surface area (Å²) in [4.78, 5) is 26.1. The molecule has 1 heterocycles. The van der Waals surface area contributed by atoms with E-state index in [0.29, 0.717) is 16.9 Å². The summed E-state index contributed by atoms with van der Waals surface area (Å²) >= 11 is 1.47. The Balaban J connectivity index is 1.76. The van der Waals surface area contributed by atoms with Crippen molar-refractivity contribution in [1.82, 2.24) is 0 Å². The van der Waals surface area contributed by atoms with Gasteiger partial charge in [0, 0.05) is 16.9 Å². The summed E-state index contributed by atoms with van der Waals surface area (Å²) < 4.78 is 5.86. The average Bonchev–Trinajstić information content (AvgIpc) is 2.67. The first-order chi connectivity index (χ1) is 12.9. The molecule has 0 fully saturated rings. The van der Waals surface area contributed by atoms with Gasteiger partial charge < -0.3 is 9.84 Å². The monoisotopic (exact) mass is 380 g/mol. The number of ether oxygens (including phenoxy) is 1. The van der Waals surface area contributed by atoms with E-state index in [-0.39, 0.29) is 22.9 Å². The lowest BCUT2D eigenvalue weighted by Gasteiger charge is -2.43. The second-order valence-corrected chi connectivity index (χ2v) is 8.44. The van der Waals surface area contributed by atoms with E-state index in [1.54, 1.807) is 38.1 Å². The zero-order valence-corrected chi connectivity index (χ0v) is 16.0. The fraction of sp³-hybridized carbons (Fsp3) is 0.273. The summed E-state index contributed by atoms with van der Waals surface area (Å²) in [7, 11) is 0. The lowest BCUT2D eigenvalue weighted by molar-refractivity contribution is -0.0769. The second-order valence-electron chi connectivity index (χ2n) is 7.31. The molecule has 1 aliphatic carbocycles. The highest BCUT2D eigenvalue weighted by Crippen LogP contribution is 2.44. The van der Waals surface area contributed by atoms with Gasteiger partial charge in [-0.1, -0.05) is 54.6 Å². The first-order valence-electron chi connectivity index (χ1n) is 8.85. The Labute approximate surface area is 162 Å². The van der Waals surface area contributed by atoms with Crippen molar-refractivity contribution in [2.75, 3.05) is 0 Å². The third-order valence-corrected chi connectivity index (χ3v) is 6.39. The maximum Gasteiger partial charge on any atom is 0.228 e. The van der Waals surface area contributed by atoms with Crippen LogP contribution in [0, 0.1) is 0 Å². The molecule has 27 heavy (non-hydrogen) atoms. The van der Waals surface area contributed by atoms with Crippen LogP contribution >= 0.6 is 11.8 Å². The predicted molar refractivity (Wildman–Crippen MR) is 105 cm³/mol. The van der Waals surface area contributed by atoms with Crippen molar-refractivity contribution in [1.29, 1.82) is 0 Å². The van der Waals surface area contributed by atoms with Crippen molar-refractivity contribution < 1.29 is 19.4 Å². The number of carbonyl (C=O) groups is 2. The average molecular weight is 380 g/mol. The van der Waals surface area contributed by atoms with Crippen LogP contribution in [0.4, 0.5) is 0 Å². The van der Waals surface area contributed by atoms with Crippen molar-refractivity contribution in [3.63, 3.8) is 0 Å². The molecule has 0 saturated heterocycles. The molecule has 2 atom stereocenters. The minimum Gasteiger partial charge on any atom is -0.480 e. The smallest absolute Gasteiger partial charge is 0.228 e. The summed E-state index contributed by atoms with van der Waals surface area (Å²) in [5, 5.41) is 10.4. The number of ketones is 2. The van der Waals surface area contributed by atoms with Gasteiger partial charge in [-0.25, -0.2) is 0 Å². The fourth-order valence-corrected chi connectivity index (χ4v) is 4.97. The normalized spacial score (nSPS) is 23.5. The van der Waals surface area contributed by atoms with Crippen molar-refractivity contribution in [2.24, 2.45) is 0 Å². The number of rotatable bonds is 3. The molecule has 5 heteroatoms. The molecule has 0 unspecified atom stereocenters. The van der Waals surface area contributed by atoms with Crippen LogP contribution in [0.2, 0.25) is 0 Å². The molecule has 0 saturated carbocycles. The van der Waals surface area contributed by atoms with E-state index in [9.17, 15) is 14.7 Å². The van der Waals surface area contributed by atoms with Crippen molar-refractivity contribution in [3.05, 3.63) is 82.6 Å². The molecule has 1 N–H and O–H groups in total. The highest BCUT2D eigenvalue weighted by molar-refractivity contribution is 7.99. The number of aliphatic hydroxyl groups is 1. The molecule has 0 aromatic heterocycles. The van der Waals surface area contributed by atoms with Crippen molar-refractivity contribution in [2.45, 2.75) is 36.6 Å². The molecular weight excluding hydrogens is 360 g/mol. The van der Waals surface area contributed by atoms with E-state index >= 15 is 0 Å². The van der Waals surface area contributed by atoms with E-state index < -0.39 is 17.0 Å². The third kappa shape index (κ3) is 3.01. The Morgan fingerprint density at radius 2 is 1.56 bits per heavy atom. The van der Waals surface area contributed by atoms with E-state index in [4.69, 9.17) is 4.74 Å². The third-order valence-electron chi connectivity index (χ3n) is 5.03. The van der Waals surface area contributed by atoms with Crippen LogP contribution in [0.15, 0.2) is 65.9 Å². The predicted octanol–water partition coefficient (Wildman–Crippen LogP) is 3.79. The molecule has 0 spiro atoms. The SMILES string of the molecule is CC1(C)OC2=C(C(=O)c3ccccc3C2=O)[C@H](SCc2ccccc2)[C@@H]1O. The molecule has 4 rings (SSSR count). The first-order valence-corrected chi connectivity index (χ1v) is 9.90. The zero-order valence-electron chi connectivity index (χ0n) is 15.1. The molecule has 2 aromatic rings.